The zero-order chi connectivity index (χ0) is 10.1. The highest BCUT2D eigenvalue weighted by atomic mass is 79.9. The van der Waals surface area contributed by atoms with Crippen molar-refractivity contribution in [3.8, 4) is 0 Å². The lowest BCUT2D eigenvalue weighted by atomic mass is 9.98. The van der Waals surface area contributed by atoms with Crippen LogP contribution in [0.25, 0.3) is 0 Å². The molecular weight excluding hydrogens is 246 g/mol. The van der Waals surface area contributed by atoms with Crippen molar-refractivity contribution in [1.29, 1.82) is 0 Å². The van der Waals surface area contributed by atoms with Crippen LogP contribution in [0, 0.1) is 0 Å². The van der Waals surface area contributed by atoms with Gasteiger partial charge in [-0.2, -0.15) is 0 Å². The molecule has 14 heavy (non-hydrogen) atoms. The van der Waals surface area contributed by atoms with Crippen LogP contribution in [-0.2, 0) is 4.79 Å². The zero-order valence-electron chi connectivity index (χ0n) is 7.55. The molecule has 0 aliphatic heterocycles. The Hall–Kier alpha value is -0.900. The van der Waals surface area contributed by atoms with Gasteiger partial charge >= 0.3 is 0 Å². The Balaban J connectivity index is 2.45. The molecular formula is C10H10BrNO2. The van der Waals surface area contributed by atoms with Crippen LogP contribution >= 0.6 is 15.9 Å². The van der Waals surface area contributed by atoms with Crippen LogP contribution in [0.2, 0.25) is 0 Å². The minimum Gasteiger partial charge on any atom is -0.328 e. The monoisotopic (exact) mass is 255 g/mol. The van der Waals surface area contributed by atoms with E-state index in [1.54, 1.807) is 12.3 Å². The van der Waals surface area contributed by atoms with Gasteiger partial charge in [-0.05, 0) is 34.8 Å². The summed E-state index contributed by atoms with van der Waals surface area (Å²) in [5.41, 5.74) is 0.454. The van der Waals surface area contributed by atoms with Crippen molar-refractivity contribution in [3.05, 3.63) is 32.7 Å². The first kappa shape index (κ1) is 9.65. The molecule has 1 unspecified atom stereocenters. The minimum absolute atomic E-state index is 0.145. The topological polar surface area (TPSA) is 49.9 Å². The summed E-state index contributed by atoms with van der Waals surface area (Å²) in [7, 11) is 0. The smallest absolute Gasteiger partial charge is 0.251 e. The van der Waals surface area contributed by atoms with E-state index >= 15 is 0 Å². The third-order valence-electron chi connectivity index (χ3n) is 2.58. The molecule has 0 spiro atoms. The lowest BCUT2D eigenvalue weighted by Crippen LogP contribution is -2.18. The van der Waals surface area contributed by atoms with Gasteiger partial charge in [-0.15, -0.1) is 0 Å². The molecule has 74 valence electrons. The van der Waals surface area contributed by atoms with E-state index in [1.807, 2.05) is 0 Å². The number of halogens is 1. The number of rotatable bonds is 1. The van der Waals surface area contributed by atoms with Gasteiger partial charge in [0.2, 0.25) is 0 Å². The van der Waals surface area contributed by atoms with E-state index in [-0.39, 0.29) is 17.3 Å². The van der Waals surface area contributed by atoms with Crippen molar-refractivity contribution in [2.45, 2.75) is 25.2 Å². The average molecular weight is 256 g/mol. The second-order valence-electron chi connectivity index (χ2n) is 3.51. The number of pyridine rings is 1. The molecule has 1 aromatic heterocycles. The molecule has 4 heteroatoms. The fraction of sp³-hybridized carbons (Fsp3) is 0.400. The molecule has 0 saturated heterocycles. The highest BCUT2D eigenvalue weighted by Gasteiger charge is 2.27. The van der Waals surface area contributed by atoms with Gasteiger partial charge in [0, 0.05) is 28.6 Å². The second kappa shape index (κ2) is 3.69. The normalized spacial score (nSPS) is 21.5. The number of ketones is 1. The van der Waals surface area contributed by atoms with Gasteiger partial charge in [-0.1, -0.05) is 0 Å². The molecule has 1 fully saturated rings. The Morgan fingerprint density at radius 1 is 1.43 bits per heavy atom. The van der Waals surface area contributed by atoms with E-state index < -0.39 is 0 Å². The zero-order valence-corrected chi connectivity index (χ0v) is 9.13. The van der Waals surface area contributed by atoms with Crippen molar-refractivity contribution in [1.82, 2.24) is 4.98 Å². The number of carbonyl (C=O) groups excluding carboxylic acids is 1. The predicted octanol–water partition coefficient (Wildman–Crippen LogP) is 1.97. The number of H-pyrrole nitrogens is 1. The second-order valence-corrected chi connectivity index (χ2v) is 4.43. The summed E-state index contributed by atoms with van der Waals surface area (Å²) in [6, 6.07) is 1.74. The first-order valence-corrected chi connectivity index (χ1v) is 5.38. The Labute approximate surface area is 89.7 Å². The number of hydrogen-bond donors (Lipinski definition) is 1. The molecule has 1 N–H and O–H groups in total. The maximum Gasteiger partial charge on any atom is 0.251 e. The number of nitrogens with one attached hydrogen (secondary N) is 1. The predicted molar refractivity (Wildman–Crippen MR) is 56.4 cm³/mol. The maximum atomic E-state index is 11.5. The van der Waals surface area contributed by atoms with Gasteiger partial charge in [-0.3, -0.25) is 9.59 Å². The lowest BCUT2D eigenvalue weighted by Gasteiger charge is -2.06. The van der Waals surface area contributed by atoms with Crippen molar-refractivity contribution < 1.29 is 4.79 Å². The Bertz CT molecular complexity index is 424. The largest absolute Gasteiger partial charge is 0.328 e. The molecule has 1 saturated carbocycles. The summed E-state index contributed by atoms with van der Waals surface area (Å²) in [4.78, 5) is 25.6. The molecule has 1 aromatic rings. The van der Waals surface area contributed by atoms with Crippen LogP contribution in [0.5, 0.6) is 0 Å². The molecule has 1 heterocycles. The maximum absolute atomic E-state index is 11.5. The molecule has 1 aliphatic rings. The first-order chi connectivity index (χ1) is 6.68. The van der Waals surface area contributed by atoms with Gasteiger partial charge in [0.25, 0.3) is 5.56 Å². The van der Waals surface area contributed by atoms with Crippen molar-refractivity contribution in [2.75, 3.05) is 0 Å². The number of hydrogen-bond acceptors (Lipinski definition) is 2. The molecule has 0 radical (unpaired) electrons. The van der Waals surface area contributed by atoms with Crippen LogP contribution in [0.4, 0.5) is 0 Å². The van der Waals surface area contributed by atoms with E-state index in [0.29, 0.717) is 12.0 Å². The van der Waals surface area contributed by atoms with E-state index in [0.717, 1.165) is 17.3 Å². The van der Waals surface area contributed by atoms with Gasteiger partial charge in [0.15, 0.2) is 0 Å². The van der Waals surface area contributed by atoms with E-state index in [1.165, 1.54) is 0 Å². The van der Waals surface area contributed by atoms with Crippen molar-refractivity contribution in [3.63, 3.8) is 0 Å². The molecule has 0 aromatic carbocycles. The third kappa shape index (κ3) is 1.66. The molecule has 1 atom stereocenters. The summed E-state index contributed by atoms with van der Waals surface area (Å²) in [6.45, 7) is 0. The van der Waals surface area contributed by atoms with E-state index in [9.17, 15) is 9.59 Å². The molecule has 1 aliphatic carbocycles. The minimum atomic E-state index is -0.184. The standard InChI is InChI=1S/C10H10BrNO2/c11-6-4-8(10(14)12-5-6)7-2-1-3-9(7)13/h4-5,7H,1-3H2,(H,12,14). The summed E-state index contributed by atoms with van der Waals surface area (Å²) in [6.07, 6.45) is 3.90. The van der Waals surface area contributed by atoms with Gasteiger partial charge < -0.3 is 4.98 Å². The van der Waals surface area contributed by atoms with Crippen LogP contribution in [0.1, 0.15) is 30.7 Å². The number of aromatic nitrogens is 1. The molecule has 0 bridgehead atoms. The van der Waals surface area contributed by atoms with Crippen LogP contribution in [-0.4, -0.2) is 10.8 Å². The average Bonchev–Trinajstić information content (AvgIpc) is 2.56. The summed E-state index contributed by atoms with van der Waals surface area (Å²) >= 11 is 3.28. The Morgan fingerprint density at radius 2 is 2.21 bits per heavy atom. The van der Waals surface area contributed by atoms with E-state index in [2.05, 4.69) is 20.9 Å². The Kier molecular flexibility index (Phi) is 2.54. The Morgan fingerprint density at radius 3 is 2.86 bits per heavy atom. The van der Waals surface area contributed by atoms with Crippen molar-refractivity contribution >= 4 is 21.7 Å². The van der Waals surface area contributed by atoms with Crippen LogP contribution < -0.4 is 5.56 Å². The number of aromatic amines is 1. The molecule has 2 rings (SSSR count). The highest BCUT2D eigenvalue weighted by Crippen LogP contribution is 2.29. The highest BCUT2D eigenvalue weighted by molar-refractivity contribution is 9.10. The summed E-state index contributed by atoms with van der Waals surface area (Å²) in [5.74, 6) is 0.00449. The van der Waals surface area contributed by atoms with Crippen LogP contribution in [0.3, 0.4) is 0 Å². The molecule has 0 amide bonds. The van der Waals surface area contributed by atoms with Gasteiger partial charge in [-0.25, -0.2) is 0 Å². The lowest BCUT2D eigenvalue weighted by molar-refractivity contribution is -0.118. The van der Waals surface area contributed by atoms with Crippen LogP contribution in [0.15, 0.2) is 21.5 Å². The summed E-state index contributed by atoms with van der Waals surface area (Å²) in [5, 5.41) is 0. The third-order valence-corrected chi connectivity index (χ3v) is 3.03. The molecule has 3 nitrogen and oxygen atoms in total. The van der Waals surface area contributed by atoms with Crippen molar-refractivity contribution in [2.24, 2.45) is 0 Å². The summed E-state index contributed by atoms with van der Waals surface area (Å²) < 4.78 is 0.812. The number of Topliss-reactive ketones (excluding diaryl/α,β-unsaturated/α-hetero) is 1. The first-order valence-electron chi connectivity index (χ1n) is 4.59. The van der Waals surface area contributed by atoms with E-state index in [4.69, 9.17) is 0 Å². The fourth-order valence-corrected chi connectivity index (χ4v) is 2.24. The van der Waals surface area contributed by atoms with Gasteiger partial charge in [0.05, 0.1) is 0 Å². The SMILES string of the molecule is O=C1CCCC1c1cc(Br)c[nH]c1=O. The number of carbonyl (C=O) groups is 1. The fourth-order valence-electron chi connectivity index (χ4n) is 1.88. The quantitative estimate of drug-likeness (QED) is 0.835. The van der Waals surface area contributed by atoms with Gasteiger partial charge in [0.1, 0.15) is 5.78 Å².